The SMILES string of the molecule is CCOC(=O)[C@@H](C)Oc1ccc(C=Nn2c(C(C)C)nc3ccc(Br)cc3c2=O)cc1OC. The van der Waals surface area contributed by atoms with Crippen LogP contribution in [0.15, 0.2) is 50.8 Å². The molecule has 0 saturated heterocycles. The predicted molar refractivity (Wildman–Crippen MR) is 131 cm³/mol. The molecule has 8 nitrogen and oxygen atoms in total. The maximum absolute atomic E-state index is 13.1. The van der Waals surface area contributed by atoms with Crippen LogP contribution in [0.5, 0.6) is 11.5 Å². The Kier molecular flexibility index (Phi) is 7.86. The Morgan fingerprint density at radius 2 is 1.94 bits per heavy atom. The second-order valence-corrected chi connectivity index (χ2v) is 8.49. The summed E-state index contributed by atoms with van der Waals surface area (Å²) < 4.78 is 18.2. The third-order valence-corrected chi connectivity index (χ3v) is 5.28. The van der Waals surface area contributed by atoms with Crippen molar-refractivity contribution in [2.45, 2.75) is 39.7 Å². The zero-order valence-electron chi connectivity index (χ0n) is 19.2. The lowest BCUT2D eigenvalue weighted by Crippen LogP contribution is -2.26. The van der Waals surface area contributed by atoms with E-state index in [0.29, 0.717) is 33.8 Å². The van der Waals surface area contributed by atoms with Crippen molar-refractivity contribution in [2.75, 3.05) is 13.7 Å². The van der Waals surface area contributed by atoms with Gasteiger partial charge in [-0.1, -0.05) is 29.8 Å². The van der Waals surface area contributed by atoms with E-state index in [4.69, 9.17) is 14.2 Å². The Hall–Kier alpha value is -3.20. The fourth-order valence-corrected chi connectivity index (χ4v) is 3.50. The van der Waals surface area contributed by atoms with Crippen molar-refractivity contribution >= 4 is 39.0 Å². The van der Waals surface area contributed by atoms with Crippen LogP contribution in [0.1, 0.15) is 45.0 Å². The van der Waals surface area contributed by atoms with Crippen LogP contribution in [0.25, 0.3) is 10.9 Å². The van der Waals surface area contributed by atoms with E-state index in [1.165, 1.54) is 11.8 Å². The number of methoxy groups -OCH3 is 1. The lowest BCUT2D eigenvalue weighted by molar-refractivity contribution is -0.150. The number of fused-ring (bicyclic) bond motifs is 1. The van der Waals surface area contributed by atoms with Crippen LogP contribution in [-0.2, 0) is 9.53 Å². The number of carbonyl (C=O) groups is 1. The second kappa shape index (κ2) is 10.6. The van der Waals surface area contributed by atoms with Crippen LogP contribution >= 0.6 is 15.9 Å². The van der Waals surface area contributed by atoms with E-state index in [-0.39, 0.29) is 18.1 Å². The maximum Gasteiger partial charge on any atom is 0.347 e. The van der Waals surface area contributed by atoms with E-state index < -0.39 is 12.1 Å². The van der Waals surface area contributed by atoms with E-state index in [1.807, 2.05) is 26.0 Å². The molecule has 9 heteroatoms. The van der Waals surface area contributed by atoms with E-state index in [9.17, 15) is 9.59 Å². The average Bonchev–Trinajstić information content (AvgIpc) is 2.79. The zero-order valence-corrected chi connectivity index (χ0v) is 20.8. The Balaban J connectivity index is 1.96. The molecule has 3 rings (SSSR count). The molecule has 0 N–H and O–H groups in total. The van der Waals surface area contributed by atoms with E-state index in [1.54, 1.807) is 44.3 Å². The quantitative estimate of drug-likeness (QED) is 0.323. The Bertz CT molecular complexity index is 1250. The summed E-state index contributed by atoms with van der Waals surface area (Å²) in [6, 6.07) is 10.5. The average molecular weight is 516 g/mol. The smallest absolute Gasteiger partial charge is 0.347 e. The molecule has 174 valence electrons. The van der Waals surface area contributed by atoms with Gasteiger partial charge in [0.05, 0.1) is 30.8 Å². The standard InChI is InChI=1S/C24H26BrN3O5/c1-6-32-24(30)15(4)33-20-10-7-16(11-21(20)31-5)13-26-28-22(14(2)3)27-19-9-8-17(25)12-18(19)23(28)29/h7-15H,6H2,1-5H3/t15-/m1/s1. The summed E-state index contributed by atoms with van der Waals surface area (Å²) in [6.45, 7) is 7.53. The van der Waals surface area contributed by atoms with Crippen molar-refractivity contribution in [3.63, 3.8) is 0 Å². The lowest BCUT2D eigenvalue weighted by Gasteiger charge is -2.16. The fraction of sp³-hybridized carbons (Fsp3) is 0.333. The molecule has 0 aliphatic rings. The van der Waals surface area contributed by atoms with Gasteiger partial charge in [0.25, 0.3) is 5.56 Å². The molecule has 0 radical (unpaired) electrons. The summed E-state index contributed by atoms with van der Waals surface area (Å²) in [6.07, 6.45) is 0.772. The highest BCUT2D eigenvalue weighted by molar-refractivity contribution is 9.10. The minimum absolute atomic E-state index is 0.0161. The minimum atomic E-state index is -0.784. The molecule has 0 saturated carbocycles. The molecule has 0 fully saturated rings. The minimum Gasteiger partial charge on any atom is -0.493 e. The molecule has 2 aromatic carbocycles. The van der Waals surface area contributed by atoms with Gasteiger partial charge in [-0.15, -0.1) is 0 Å². The molecule has 0 bridgehead atoms. The number of benzene rings is 2. The highest BCUT2D eigenvalue weighted by atomic mass is 79.9. The highest BCUT2D eigenvalue weighted by Gasteiger charge is 2.18. The number of nitrogens with zero attached hydrogens (tertiary/aromatic N) is 3. The summed E-state index contributed by atoms with van der Waals surface area (Å²) in [4.78, 5) is 29.6. The Labute approximate surface area is 200 Å². The highest BCUT2D eigenvalue weighted by Crippen LogP contribution is 2.29. The van der Waals surface area contributed by atoms with Crippen LogP contribution in [-0.4, -0.2) is 41.7 Å². The number of halogens is 1. The molecule has 0 aliphatic carbocycles. The van der Waals surface area contributed by atoms with Crippen molar-refractivity contribution in [3.8, 4) is 11.5 Å². The molecule has 0 aliphatic heterocycles. The number of carbonyl (C=O) groups excluding carboxylic acids is 1. The van der Waals surface area contributed by atoms with Crippen molar-refractivity contribution in [2.24, 2.45) is 5.10 Å². The topological polar surface area (TPSA) is 92.0 Å². The van der Waals surface area contributed by atoms with Gasteiger partial charge in [0.1, 0.15) is 5.82 Å². The van der Waals surface area contributed by atoms with Gasteiger partial charge in [-0.3, -0.25) is 4.79 Å². The van der Waals surface area contributed by atoms with E-state index in [0.717, 1.165) is 4.47 Å². The molecule has 1 atom stereocenters. The molecule has 33 heavy (non-hydrogen) atoms. The van der Waals surface area contributed by atoms with Crippen LogP contribution in [0.3, 0.4) is 0 Å². The Morgan fingerprint density at radius 3 is 2.61 bits per heavy atom. The van der Waals surface area contributed by atoms with Gasteiger partial charge in [-0.25, -0.2) is 9.78 Å². The molecule has 3 aromatic rings. The molecule has 0 amide bonds. The number of hydrogen-bond acceptors (Lipinski definition) is 7. The van der Waals surface area contributed by atoms with Crippen molar-refractivity contribution in [1.29, 1.82) is 0 Å². The van der Waals surface area contributed by atoms with Crippen LogP contribution in [0.2, 0.25) is 0 Å². The van der Waals surface area contributed by atoms with Gasteiger partial charge in [0.15, 0.2) is 17.6 Å². The first-order valence-corrected chi connectivity index (χ1v) is 11.3. The van der Waals surface area contributed by atoms with Gasteiger partial charge in [0.2, 0.25) is 0 Å². The fourth-order valence-electron chi connectivity index (χ4n) is 3.14. The molecule has 1 aromatic heterocycles. The molecule has 0 spiro atoms. The van der Waals surface area contributed by atoms with Gasteiger partial charge < -0.3 is 14.2 Å². The summed E-state index contributed by atoms with van der Waals surface area (Å²) >= 11 is 3.40. The number of aromatic nitrogens is 2. The molecule has 1 heterocycles. The molecular formula is C24H26BrN3O5. The monoisotopic (exact) mass is 515 g/mol. The van der Waals surface area contributed by atoms with Crippen LogP contribution in [0.4, 0.5) is 0 Å². The van der Waals surface area contributed by atoms with Crippen LogP contribution < -0.4 is 15.0 Å². The van der Waals surface area contributed by atoms with E-state index >= 15 is 0 Å². The zero-order chi connectivity index (χ0) is 24.1. The third-order valence-electron chi connectivity index (χ3n) is 4.78. The van der Waals surface area contributed by atoms with Crippen molar-refractivity contribution in [1.82, 2.24) is 9.66 Å². The van der Waals surface area contributed by atoms with Crippen LogP contribution in [0, 0.1) is 0 Å². The first kappa shape index (κ1) is 24.4. The number of ether oxygens (including phenoxy) is 3. The largest absolute Gasteiger partial charge is 0.493 e. The molecule has 0 unspecified atom stereocenters. The number of hydrogen-bond donors (Lipinski definition) is 0. The number of rotatable bonds is 8. The predicted octanol–water partition coefficient (Wildman–Crippen LogP) is 4.50. The first-order valence-electron chi connectivity index (χ1n) is 10.5. The number of esters is 1. The summed E-state index contributed by atoms with van der Waals surface area (Å²) in [5.74, 6) is 0.902. The van der Waals surface area contributed by atoms with Crippen molar-refractivity contribution in [3.05, 3.63) is 62.6 Å². The lowest BCUT2D eigenvalue weighted by atomic mass is 10.2. The van der Waals surface area contributed by atoms with Crippen molar-refractivity contribution < 1.29 is 19.0 Å². The summed E-state index contributed by atoms with van der Waals surface area (Å²) in [5, 5.41) is 4.90. The summed E-state index contributed by atoms with van der Waals surface area (Å²) in [7, 11) is 1.50. The third kappa shape index (κ3) is 5.60. The first-order chi connectivity index (χ1) is 15.7. The second-order valence-electron chi connectivity index (χ2n) is 7.57. The molecular weight excluding hydrogens is 490 g/mol. The summed E-state index contributed by atoms with van der Waals surface area (Å²) in [5.41, 5.74) is 1.05. The Morgan fingerprint density at radius 1 is 1.18 bits per heavy atom. The van der Waals surface area contributed by atoms with E-state index in [2.05, 4.69) is 26.0 Å². The normalized spacial score (nSPS) is 12.3. The van der Waals surface area contributed by atoms with Gasteiger partial charge in [-0.2, -0.15) is 9.78 Å². The maximum atomic E-state index is 13.1. The van der Waals surface area contributed by atoms with Gasteiger partial charge >= 0.3 is 5.97 Å². The van der Waals surface area contributed by atoms with Gasteiger partial charge in [0, 0.05) is 10.4 Å². The van der Waals surface area contributed by atoms with Gasteiger partial charge in [-0.05, 0) is 55.8 Å².